The summed E-state index contributed by atoms with van der Waals surface area (Å²) in [6.45, 7) is 0.419. The van der Waals surface area contributed by atoms with Gasteiger partial charge < -0.3 is 15.3 Å². The SMILES string of the molecule is CNC(=O)CCCN1C(=O)Cc2ccc(C(=O)O)cc21. The second kappa shape index (κ2) is 5.73. The van der Waals surface area contributed by atoms with Crippen LogP contribution in [0.2, 0.25) is 0 Å². The number of carbonyl (C=O) groups is 3. The molecular formula is C14H16N2O4. The third-order valence-electron chi connectivity index (χ3n) is 3.33. The standard InChI is InChI=1S/C14H16N2O4/c1-15-12(17)3-2-6-16-11-7-10(14(19)20)5-4-9(11)8-13(16)18/h4-5,7H,2-3,6,8H2,1H3,(H,15,17)(H,19,20). The van der Waals surface area contributed by atoms with E-state index in [9.17, 15) is 14.4 Å². The molecule has 6 nitrogen and oxygen atoms in total. The van der Waals surface area contributed by atoms with E-state index in [1.165, 1.54) is 12.1 Å². The number of nitrogens with one attached hydrogen (secondary N) is 1. The van der Waals surface area contributed by atoms with Crippen LogP contribution in [0.1, 0.15) is 28.8 Å². The lowest BCUT2D eigenvalue weighted by Gasteiger charge is -2.17. The maximum absolute atomic E-state index is 11.9. The second-order valence-electron chi connectivity index (χ2n) is 4.65. The van der Waals surface area contributed by atoms with Crippen molar-refractivity contribution in [3.63, 3.8) is 0 Å². The maximum Gasteiger partial charge on any atom is 0.335 e. The summed E-state index contributed by atoms with van der Waals surface area (Å²) in [5.41, 5.74) is 1.64. The monoisotopic (exact) mass is 276 g/mol. The van der Waals surface area contributed by atoms with E-state index in [0.29, 0.717) is 25.1 Å². The van der Waals surface area contributed by atoms with Crippen molar-refractivity contribution in [3.8, 4) is 0 Å². The van der Waals surface area contributed by atoms with E-state index in [1.54, 1.807) is 18.0 Å². The molecular weight excluding hydrogens is 260 g/mol. The first-order chi connectivity index (χ1) is 9.52. The average molecular weight is 276 g/mol. The molecule has 1 aliphatic rings. The van der Waals surface area contributed by atoms with Crippen LogP contribution in [0.3, 0.4) is 0 Å². The number of carboxylic acids is 1. The Bertz CT molecular complexity index is 568. The van der Waals surface area contributed by atoms with Gasteiger partial charge in [-0.05, 0) is 24.1 Å². The van der Waals surface area contributed by atoms with Crippen molar-refractivity contribution in [3.05, 3.63) is 29.3 Å². The molecule has 0 aliphatic carbocycles. The first kappa shape index (κ1) is 14.0. The zero-order valence-electron chi connectivity index (χ0n) is 11.2. The summed E-state index contributed by atoms with van der Waals surface area (Å²) >= 11 is 0. The number of amides is 2. The number of nitrogens with zero attached hydrogens (tertiary/aromatic N) is 1. The minimum atomic E-state index is -1.02. The minimum absolute atomic E-state index is 0.0561. The van der Waals surface area contributed by atoms with Gasteiger partial charge in [-0.25, -0.2) is 4.79 Å². The average Bonchev–Trinajstić information content (AvgIpc) is 2.74. The molecule has 1 heterocycles. The predicted octanol–water partition coefficient (Wildman–Crippen LogP) is 0.800. The van der Waals surface area contributed by atoms with E-state index < -0.39 is 5.97 Å². The van der Waals surface area contributed by atoms with E-state index in [1.807, 2.05) is 0 Å². The molecule has 2 rings (SSSR count). The maximum atomic E-state index is 11.9. The number of anilines is 1. The van der Waals surface area contributed by atoms with Crippen molar-refractivity contribution in [1.29, 1.82) is 0 Å². The van der Waals surface area contributed by atoms with Gasteiger partial charge in [0.2, 0.25) is 11.8 Å². The second-order valence-corrected chi connectivity index (χ2v) is 4.65. The van der Waals surface area contributed by atoms with Crippen LogP contribution in [0.4, 0.5) is 5.69 Å². The van der Waals surface area contributed by atoms with E-state index in [4.69, 9.17) is 5.11 Å². The van der Waals surface area contributed by atoms with Crippen molar-refractivity contribution >= 4 is 23.5 Å². The van der Waals surface area contributed by atoms with Gasteiger partial charge >= 0.3 is 5.97 Å². The lowest BCUT2D eigenvalue weighted by molar-refractivity contribution is -0.121. The predicted molar refractivity (Wildman–Crippen MR) is 72.8 cm³/mol. The Hall–Kier alpha value is -2.37. The van der Waals surface area contributed by atoms with Crippen LogP contribution in [0, 0.1) is 0 Å². The van der Waals surface area contributed by atoms with Crippen LogP contribution < -0.4 is 10.2 Å². The van der Waals surface area contributed by atoms with E-state index >= 15 is 0 Å². The molecule has 0 radical (unpaired) electrons. The van der Waals surface area contributed by atoms with Crippen molar-refractivity contribution in [1.82, 2.24) is 5.32 Å². The lowest BCUT2D eigenvalue weighted by atomic mass is 10.1. The van der Waals surface area contributed by atoms with Crippen LogP contribution in [-0.2, 0) is 16.0 Å². The molecule has 106 valence electrons. The molecule has 0 spiro atoms. The van der Waals surface area contributed by atoms with Gasteiger partial charge in [0, 0.05) is 25.7 Å². The van der Waals surface area contributed by atoms with E-state index in [-0.39, 0.29) is 23.8 Å². The summed E-state index contributed by atoms with van der Waals surface area (Å²) in [7, 11) is 1.57. The minimum Gasteiger partial charge on any atom is -0.478 e. The molecule has 1 aromatic rings. The first-order valence-electron chi connectivity index (χ1n) is 6.40. The zero-order chi connectivity index (χ0) is 14.7. The van der Waals surface area contributed by atoms with E-state index in [2.05, 4.69) is 5.32 Å². The van der Waals surface area contributed by atoms with Crippen molar-refractivity contribution in [2.24, 2.45) is 0 Å². The quantitative estimate of drug-likeness (QED) is 0.832. The van der Waals surface area contributed by atoms with Gasteiger partial charge in [0.15, 0.2) is 0 Å². The Balaban J connectivity index is 2.12. The Labute approximate surface area is 116 Å². The summed E-state index contributed by atoms with van der Waals surface area (Å²) in [4.78, 5) is 35.6. The highest BCUT2D eigenvalue weighted by atomic mass is 16.4. The Morgan fingerprint density at radius 1 is 1.40 bits per heavy atom. The van der Waals surface area contributed by atoms with Gasteiger partial charge in [-0.15, -0.1) is 0 Å². The van der Waals surface area contributed by atoms with Crippen LogP contribution in [-0.4, -0.2) is 36.5 Å². The third-order valence-corrected chi connectivity index (χ3v) is 3.33. The van der Waals surface area contributed by atoms with Crippen LogP contribution in [0.25, 0.3) is 0 Å². The van der Waals surface area contributed by atoms with Gasteiger partial charge in [-0.3, -0.25) is 9.59 Å². The summed E-state index contributed by atoms with van der Waals surface area (Å²) in [6.07, 6.45) is 1.17. The first-order valence-corrected chi connectivity index (χ1v) is 6.40. The summed E-state index contributed by atoms with van der Waals surface area (Å²) in [5.74, 6) is -1.15. The fraction of sp³-hybridized carbons (Fsp3) is 0.357. The van der Waals surface area contributed by atoms with Crippen LogP contribution in [0.15, 0.2) is 18.2 Å². The molecule has 20 heavy (non-hydrogen) atoms. The number of carboxylic acid groups (broad SMARTS) is 1. The molecule has 0 saturated carbocycles. The molecule has 0 aromatic heterocycles. The third kappa shape index (κ3) is 2.79. The number of benzene rings is 1. The fourth-order valence-electron chi connectivity index (χ4n) is 2.26. The van der Waals surface area contributed by atoms with Crippen molar-refractivity contribution in [2.45, 2.75) is 19.3 Å². The molecule has 0 fully saturated rings. The fourth-order valence-corrected chi connectivity index (χ4v) is 2.26. The molecule has 0 unspecified atom stereocenters. The normalized spacial score (nSPS) is 13.2. The largest absolute Gasteiger partial charge is 0.478 e. The molecule has 0 saturated heterocycles. The molecule has 2 N–H and O–H groups in total. The van der Waals surface area contributed by atoms with Crippen molar-refractivity contribution < 1.29 is 19.5 Å². The molecule has 0 atom stereocenters. The molecule has 6 heteroatoms. The molecule has 1 aliphatic heterocycles. The van der Waals surface area contributed by atoms with E-state index in [0.717, 1.165) is 5.56 Å². The highest BCUT2D eigenvalue weighted by Crippen LogP contribution is 2.30. The molecule has 0 bridgehead atoms. The Morgan fingerprint density at radius 3 is 2.80 bits per heavy atom. The number of carbonyl (C=O) groups excluding carboxylic acids is 2. The van der Waals surface area contributed by atoms with Gasteiger partial charge in [0.25, 0.3) is 0 Å². The Kier molecular flexibility index (Phi) is 4.02. The summed E-state index contributed by atoms with van der Waals surface area (Å²) in [6, 6.07) is 4.69. The summed E-state index contributed by atoms with van der Waals surface area (Å²) in [5, 5.41) is 11.5. The number of hydrogen-bond acceptors (Lipinski definition) is 3. The van der Waals surface area contributed by atoms with Gasteiger partial charge in [-0.1, -0.05) is 6.07 Å². The van der Waals surface area contributed by atoms with Gasteiger partial charge in [0.1, 0.15) is 0 Å². The summed E-state index contributed by atoms with van der Waals surface area (Å²) < 4.78 is 0. The topological polar surface area (TPSA) is 86.7 Å². The lowest BCUT2D eigenvalue weighted by Crippen LogP contribution is -2.29. The number of aromatic carboxylic acids is 1. The van der Waals surface area contributed by atoms with Gasteiger partial charge in [0.05, 0.1) is 12.0 Å². The molecule has 2 amide bonds. The Morgan fingerprint density at radius 2 is 2.15 bits per heavy atom. The highest BCUT2D eigenvalue weighted by molar-refractivity contribution is 6.03. The molecule has 1 aromatic carbocycles. The van der Waals surface area contributed by atoms with Crippen LogP contribution in [0.5, 0.6) is 0 Å². The highest BCUT2D eigenvalue weighted by Gasteiger charge is 2.27. The number of rotatable bonds is 5. The van der Waals surface area contributed by atoms with Crippen molar-refractivity contribution in [2.75, 3.05) is 18.5 Å². The smallest absolute Gasteiger partial charge is 0.335 e. The van der Waals surface area contributed by atoms with Crippen LogP contribution >= 0.6 is 0 Å². The zero-order valence-corrected chi connectivity index (χ0v) is 11.2. The van der Waals surface area contributed by atoms with Gasteiger partial charge in [-0.2, -0.15) is 0 Å². The number of fused-ring (bicyclic) bond motifs is 1. The number of hydrogen-bond donors (Lipinski definition) is 2.